The molecule has 0 radical (unpaired) electrons. The number of hydrogen-bond donors (Lipinski definition) is 1. The van der Waals surface area contributed by atoms with Gasteiger partial charge in [0, 0.05) is 38.8 Å². The number of ether oxygens (including phenoxy) is 1. The van der Waals surface area contributed by atoms with Gasteiger partial charge in [0.2, 0.25) is 0 Å². The number of hydrogen-bond acceptors (Lipinski definition) is 6. The second-order valence-corrected chi connectivity index (χ2v) is 6.08. The maximum atomic E-state index is 12.4. The number of carbonyl (C=O) groups excluding carboxylic acids is 1. The largest absolute Gasteiger partial charge is 0.497 e. The molecule has 1 aliphatic rings. The maximum absolute atomic E-state index is 12.4. The Morgan fingerprint density at radius 1 is 1.16 bits per heavy atom. The van der Waals surface area contributed by atoms with E-state index in [9.17, 15) is 4.79 Å². The first-order chi connectivity index (χ1) is 12.2. The second-order valence-electron chi connectivity index (χ2n) is 6.08. The van der Waals surface area contributed by atoms with Crippen molar-refractivity contribution in [2.24, 2.45) is 0 Å². The molecule has 2 aromatic rings. The molecular weight excluding hydrogens is 318 g/mol. The van der Waals surface area contributed by atoms with Gasteiger partial charge in [-0.15, -0.1) is 0 Å². The molecule has 1 fully saturated rings. The van der Waals surface area contributed by atoms with Gasteiger partial charge >= 0.3 is 0 Å². The van der Waals surface area contributed by atoms with Gasteiger partial charge in [-0.1, -0.05) is 12.1 Å². The average molecular weight is 341 g/mol. The Balaban J connectivity index is 1.60. The number of nitrogens with one attached hydrogen (secondary N) is 1. The molecule has 2 heterocycles. The third-order valence-electron chi connectivity index (χ3n) is 4.32. The monoisotopic (exact) mass is 341 g/mol. The van der Waals surface area contributed by atoms with E-state index in [-0.39, 0.29) is 5.91 Å². The zero-order valence-electron chi connectivity index (χ0n) is 14.6. The number of anilines is 1. The SMILES string of the molecule is COc1ccc(CNC(=O)c2cc(N3CCN(C)CC3)ncn2)cc1. The summed E-state index contributed by atoms with van der Waals surface area (Å²) in [5.74, 6) is 1.40. The molecule has 0 bridgehead atoms. The highest BCUT2D eigenvalue weighted by molar-refractivity contribution is 5.92. The van der Waals surface area contributed by atoms with Crippen molar-refractivity contribution >= 4 is 11.7 Å². The van der Waals surface area contributed by atoms with E-state index in [0.717, 1.165) is 43.3 Å². The van der Waals surface area contributed by atoms with Gasteiger partial charge in [0.05, 0.1) is 7.11 Å². The van der Waals surface area contributed by atoms with Crippen molar-refractivity contribution in [2.45, 2.75) is 6.54 Å². The Hall–Kier alpha value is -2.67. The molecular formula is C18H23N5O2. The van der Waals surface area contributed by atoms with Crippen LogP contribution in [0.4, 0.5) is 5.82 Å². The smallest absolute Gasteiger partial charge is 0.270 e. The summed E-state index contributed by atoms with van der Waals surface area (Å²) in [7, 11) is 3.74. The number of aromatic nitrogens is 2. The Morgan fingerprint density at radius 3 is 2.56 bits per heavy atom. The third kappa shape index (κ3) is 4.45. The lowest BCUT2D eigenvalue weighted by molar-refractivity contribution is 0.0945. The van der Waals surface area contributed by atoms with Crippen molar-refractivity contribution in [3.8, 4) is 5.75 Å². The maximum Gasteiger partial charge on any atom is 0.270 e. The molecule has 1 saturated heterocycles. The lowest BCUT2D eigenvalue weighted by atomic mass is 10.2. The molecule has 7 heteroatoms. The number of nitrogens with zero attached hydrogens (tertiary/aromatic N) is 4. The van der Waals surface area contributed by atoms with E-state index in [1.807, 2.05) is 24.3 Å². The number of rotatable bonds is 5. The minimum Gasteiger partial charge on any atom is -0.497 e. The van der Waals surface area contributed by atoms with Crippen molar-refractivity contribution in [3.63, 3.8) is 0 Å². The number of piperazine rings is 1. The molecule has 0 spiro atoms. The van der Waals surface area contributed by atoms with E-state index in [2.05, 4.69) is 32.1 Å². The van der Waals surface area contributed by atoms with E-state index in [4.69, 9.17) is 4.74 Å². The van der Waals surface area contributed by atoms with Crippen LogP contribution < -0.4 is 15.0 Å². The number of carbonyl (C=O) groups is 1. The van der Waals surface area contributed by atoms with Gasteiger partial charge in [-0.3, -0.25) is 4.79 Å². The summed E-state index contributed by atoms with van der Waals surface area (Å²) in [6.07, 6.45) is 1.45. The fourth-order valence-electron chi connectivity index (χ4n) is 2.70. The molecule has 7 nitrogen and oxygen atoms in total. The van der Waals surface area contributed by atoms with Crippen LogP contribution in [0.5, 0.6) is 5.75 Å². The predicted molar refractivity (Wildman–Crippen MR) is 95.9 cm³/mol. The van der Waals surface area contributed by atoms with Crippen molar-refractivity contribution in [2.75, 3.05) is 45.2 Å². The standard InChI is InChI=1S/C18H23N5O2/c1-22-7-9-23(10-8-22)17-11-16(20-13-21-17)18(24)19-12-14-3-5-15(25-2)6-4-14/h3-6,11,13H,7-10,12H2,1-2H3,(H,19,24). The van der Waals surface area contributed by atoms with Crippen molar-refractivity contribution in [1.29, 1.82) is 0 Å². The van der Waals surface area contributed by atoms with Crippen LogP contribution >= 0.6 is 0 Å². The fourth-order valence-corrected chi connectivity index (χ4v) is 2.70. The Morgan fingerprint density at radius 2 is 1.88 bits per heavy atom. The first-order valence-corrected chi connectivity index (χ1v) is 8.32. The van der Waals surface area contributed by atoms with Crippen LogP contribution in [0.3, 0.4) is 0 Å². The van der Waals surface area contributed by atoms with Gasteiger partial charge in [0.25, 0.3) is 5.91 Å². The lowest BCUT2D eigenvalue weighted by Crippen LogP contribution is -2.44. The zero-order valence-corrected chi connectivity index (χ0v) is 14.6. The minimum absolute atomic E-state index is 0.200. The third-order valence-corrected chi connectivity index (χ3v) is 4.32. The first-order valence-electron chi connectivity index (χ1n) is 8.32. The average Bonchev–Trinajstić information content (AvgIpc) is 2.67. The number of likely N-dealkylation sites (N-methyl/N-ethyl adjacent to an activating group) is 1. The van der Waals surface area contributed by atoms with E-state index in [1.165, 1.54) is 6.33 Å². The summed E-state index contributed by atoms with van der Waals surface area (Å²) in [5.41, 5.74) is 1.39. The Bertz CT molecular complexity index is 712. The van der Waals surface area contributed by atoms with Crippen LogP contribution in [0.2, 0.25) is 0 Å². The first kappa shape index (κ1) is 17.2. The van der Waals surface area contributed by atoms with Crippen molar-refractivity contribution in [3.05, 3.63) is 47.9 Å². The highest BCUT2D eigenvalue weighted by Crippen LogP contribution is 2.14. The van der Waals surface area contributed by atoms with Crippen molar-refractivity contribution < 1.29 is 9.53 Å². The molecule has 1 aromatic heterocycles. The Labute approximate surface area is 147 Å². The molecule has 132 valence electrons. The molecule has 1 aromatic carbocycles. The van der Waals surface area contributed by atoms with Crippen LogP contribution in [0.1, 0.15) is 16.1 Å². The summed E-state index contributed by atoms with van der Waals surface area (Å²) >= 11 is 0. The number of benzene rings is 1. The highest BCUT2D eigenvalue weighted by Gasteiger charge is 2.17. The van der Waals surface area contributed by atoms with E-state index >= 15 is 0 Å². The molecule has 1 amide bonds. The van der Waals surface area contributed by atoms with Crippen LogP contribution in [0.25, 0.3) is 0 Å². The molecule has 0 saturated carbocycles. The van der Waals surface area contributed by atoms with Gasteiger partial charge in [0.1, 0.15) is 23.6 Å². The lowest BCUT2D eigenvalue weighted by Gasteiger charge is -2.33. The topological polar surface area (TPSA) is 70.6 Å². The van der Waals surface area contributed by atoms with Gasteiger partial charge in [-0.2, -0.15) is 0 Å². The minimum atomic E-state index is -0.200. The van der Waals surface area contributed by atoms with E-state index in [1.54, 1.807) is 13.2 Å². The quantitative estimate of drug-likeness (QED) is 0.880. The second kappa shape index (κ2) is 7.94. The van der Waals surface area contributed by atoms with Crippen LogP contribution in [-0.4, -0.2) is 61.1 Å². The molecule has 0 unspecified atom stereocenters. The number of methoxy groups -OCH3 is 1. The summed E-state index contributed by atoms with van der Waals surface area (Å²) < 4.78 is 5.13. The molecule has 3 rings (SSSR count). The summed E-state index contributed by atoms with van der Waals surface area (Å²) in [4.78, 5) is 25.3. The number of amides is 1. The van der Waals surface area contributed by atoms with Crippen LogP contribution in [0.15, 0.2) is 36.7 Å². The predicted octanol–water partition coefficient (Wildman–Crippen LogP) is 1.17. The zero-order chi connectivity index (χ0) is 17.6. The van der Waals surface area contributed by atoms with Gasteiger partial charge in [-0.05, 0) is 24.7 Å². The van der Waals surface area contributed by atoms with Crippen LogP contribution in [-0.2, 0) is 6.54 Å². The van der Waals surface area contributed by atoms with Crippen molar-refractivity contribution in [1.82, 2.24) is 20.2 Å². The van der Waals surface area contributed by atoms with Gasteiger partial charge in [0.15, 0.2) is 0 Å². The highest BCUT2D eigenvalue weighted by atomic mass is 16.5. The Kier molecular flexibility index (Phi) is 5.45. The molecule has 25 heavy (non-hydrogen) atoms. The van der Waals surface area contributed by atoms with Gasteiger partial charge < -0.3 is 19.9 Å². The molecule has 0 aliphatic carbocycles. The van der Waals surface area contributed by atoms with E-state index in [0.29, 0.717) is 12.2 Å². The summed E-state index contributed by atoms with van der Waals surface area (Å²) in [5, 5.41) is 2.89. The van der Waals surface area contributed by atoms with Gasteiger partial charge in [-0.25, -0.2) is 9.97 Å². The molecule has 1 N–H and O–H groups in total. The normalized spacial score (nSPS) is 15.0. The summed E-state index contributed by atoms with van der Waals surface area (Å²) in [6, 6.07) is 9.35. The summed E-state index contributed by atoms with van der Waals surface area (Å²) in [6.45, 7) is 4.23. The van der Waals surface area contributed by atoms with Crippen LogP contribution in [0, 0.1) is 0 Å². The fraction of sp³-hybridized carbons (Fsp3) is 0.389. The molecule has 1 aliphatic heterocycles. The molecule has 0 atom stereocenters. The van der Waals surface area contributed by atoms with E-state index < -0.39 is 0 Å².